The van der Waals surface area contributed by atoms with Crippen LogP contribution in [0.2, 0.25) is 0 Å². The Morgan fingerprint density at radius 2 is 1.96 bits per heavy atom. The lowest BCUT2D eigenvalue weighted by molar-refractivity contribution is -0.118. The number of hydrogen-bond donors (Lipinski definition) is 2. The van der Waals surface area contributed by atoms with E-state index < -0.39 is 10.0 Å². The van der Waals surface area contributed by atoms with Gasteiger partial charge in [-0.2, -0.15) is 0 Å². The number of nitrogens with two attached hydrogens (primary N) is 1. The molecule has 0 atom stereocenters. The summed E-state index contributed by atoms with van der Waals surface area (Å²) in [4.78, 5) is 14.4. The maximum atomic E-state index is 12.5. The van der Waals surface area contributed by atoms with Gasteiger partial charge in [-0.1, -0.05) is 25.8 Å². The Kier molecular flexibility index (Phi) is 8.85. The molecule has 0 unspecified atom stereocenters. The van der Waals surface area contributed by atoms with Crippen LogP contribution in [0.3, 0.4) is 0 Å². The highest BCUT2D eigenvalue weighted by Gasteiger charge is 2.26. The summed E-state index contributed by atoms with van der Waals surface area (Å²) < 4.78 is 26.8. The number of unbranched alkanes of at least 4 members (excludes halogenated alkanes) is 3. The van der Waals surface area contributed by atoms with E-state index in [1.54, 1.807) is 24.0 Å². The van der Waals surface area contributed by atoms with Crippen LogP contribution in [0.4, 0.5) is 5.69 Å². The van der Waals surface area contributed by atoms with Gasteiger partial charge in [-0.3, -0.25) is 4.79 Å². The van der Waals surface area contributed by atoms with E-state index in [0.717, 1.165) is 43.4 Å². The number of nitrogens with one attached hydrogen (secondary N) is 1. The van der Waals surface area contributed by atoms with Gasteiger partial charge in [0.05, 0.1) is 4.90 Å². The van der Waals surface area contributed by atoms with E-state index in [0.29, 0.717) is 26.1 Å². The molecule has 2 rings (SSSR count). The maximum absolute atomic E-state index is 12.5. The standard InChI is InChI=1S/C17H27N3O3S.ClH/c1-2-19-24(22,23)15-9-8-14-10-12-20(16(14)13-15)17(21)7-5-3-4-6-11-18;/h8-9,13,19H,2-7,10-12,18H2,1H3;1H. The number of amides is 1. The quantitative estimate of drug-likeness (QED) is 0.633. The van der Waals surface area contributed by atoms with Gasteiger partial charge in [0.2, 0.25) is 15.9 Å². The highest BCUT2D eigenvalue weighted by atomic mass is 35.5. The first kappa shape index (κ1) is 21.9. The zero-order chi connectivity index (χ0) is 17.6. The fourth-order valence-corrected chi connectivity index (χ4v) is 4.03. The average Bonchev–Trinajstić information content (AvgIpc) is 2.97. The molecule has 142 valence electrons. The number of anilines is 1. The second kappa shape index (κ2) is 10.1. The summed E-state index contributed by atoms with van der Waals surface area (Å²) in [5.41, 5.74) is 7.23. The number of halogens is 1. The predicted octanol–water partition coefficient (Wildman–Crippen LogP) is 2.20. The third-order valence-corrected chi connectivity index (χ3v) is 5.79. The topological polar surface area (TPSA) is 92.5 Å². The van der Waals surface area contributed by atoms with Crippen molar-refractivity contribution in [1.29, 1.82) is 0 Å². The molecule has 0 saturated heterocycles. The largest absolute Gasteiger partial charge is 0.330 e. The van der Waals surface area contributed by atoms with Gasteiger partial charge in [-0.15, -0.1) is 12.4 Å². The molecule has 6 nitrogen and oxygen atoms in total. The Bertz CT molecular complexity index is 680. The minimum absolute atomic E-state index is 0. The Labute approximate surface area is 156 Å². The SMILES string of the molecule is CCNS(=O)(=O)c1ccc2c(c1)N(C(=O)CCCCCCN)CC2.Cl. The van der Waals surface area contributed by atoms with Crippen molar-refractivity contribution < 1.29 is 13.2 Å². The number of carbonyl (C=O) groups excluding carboxylic acids is 1. The third-order valence-electron chi connectivity index (χ3n) is 4.24. The Balaban J connectivity index is 0.00000312. The molecule has 1 aromatic rings. The van der Waals surface area contributed by atoms with Crippen LogP contribution in [0.15, 0.2) is 23.1 Å². The van der Waals surface area contributed by atoms with Gasteiger partial charge in [0.25, 0.3) is 0 Å². The van der Waals surface area contributed by atoms with E-state index in [1.165, 1.54) is 0 Å². The number of nitrogens with zero attached hydrogens (tertiary/aromatic N) is 1. The Morgan fingerprint density at radius 3 is 2.64 bits per heavy atom. The maximum Gasteiger partial charge on any atom is 0.240 e. The van der Waals surface area contributed by atoms with Crippen LogP contribution in [0.1, 0.15) is 44.6 Å². The van der Waals surface area contributed by atoms with Gasteiger partial charge >= 0.3 is 0 Å². The van der Waals surface area contributed by atoms with Gasteiger partial charge in [0.1, 0.15) is 0 Å². The van der Waals surface area contributed by atoms with Crippen molar-refractivity contribution in [3.8, 4) is 0 Å². The highest BCUT2D eigenvalue weighted by molar-refractivity contribution is 7.89. The van der Waals surface area contributed by atoms with E-state index in [4.69, 9.17) is 5.73 Å². The van der Waals surface area contributed by atoms with Crippen LogP contribution in [-0.2, 0) is 21.2 Å². The summed E-state index contributed by atoms with van der Waals surface area (Å²) in [7, 11) is -3.51. The number of fused-ring (bicyclic) bond motifs is 1. The smallest absolute Gasteiger partial charge is 0.240 e. The van der Waals surface area contributed by atoms with Crippen molar-refractivity contribution >= 4 is 34.0 Å². The molecule has 0 spiro atoms. The van der Waals surface area contributed by atoms with Crippen molar-refractivity contribution in [2.24, 2.45) is 5.73 Å². The molecular formula is C17H28ClN3O3S. The van der Waals surface area contributed by atoms with E-state index >= 15 is 0 Å². The summed E-state index contributed by atoms with van der Waals surface area (Å²) in [6.07, 6.45) is 5.15. The van der Waals surface area contributed by atoms with E-state index in [1.807, 2.05) is 6.07 Å². The fraction of sp³-hybridized carbons (Fsp3) is 0.588. The normalized spacial score (nSPS) is 13.4. The monoisotopic (exact) mass is 389 g/mol. The first-order valence-corrected chi connectivity index (χ1v) is 10.1. The number of hydrogen-bond acceptors (Lipinski definition) is 4. The molecule has 0 aliphatic carbocycles. The van der Waals surface area contributed by atoms with Gasteiger partial charge in [-0.05, 0) is 43.5 Å². The summed E-state index contributed by atoms with van der Waals surface area (Å²) >= 11 is 0. The lowest BCUT2D eigenvalue weighted by Gasteiger charge is -2.18. The van der Waals surface area contributed by atoms with Crippen LogP contribution >= 0.6 is 12.4 Å². The molecule has 1 aliphatic rings. The second-order valence-electron chi connectivity index (χ2n) is 6.04. The van der Waals surface area contributed by atoms with Crippen molar-refractivity contribution in [1.82, 2.24) is 4.72 Å². The number of rotatable bonds is 9. The van der Waals surface area contributed by atoms with Crippen LogP contribution in [0.25, 0.3) is 0 Å². The highest BCUT2D eigenvalue weighted by Crippen LogP contribution is 2.31. The number of benzene rings is 1. The zero-order valence-electron chi connectivity index (χ0n) is 14.7. The lowest BCUT2D eigenvalue weighted by atomic mass is 10.1. The molecule has 0 bridgehead atoms. The third kappa shape index (κ3) is 5.67. The molecule has 0 aromatic heterocycles. The zero-order valence-corrected chi connectivity index (χ0v) is 16.3. The molecule has 3 N–H and O–H groups in total. The predicted molar refractivity (Wildman–Crippen MR) is 103 cm³/mol. The van der Waals surface area contributed by atoms with Crippen molar-refractivity contribution in [2.75, 3.05) is 24.5 Å². The summed E-state index contributed by atoms with van der Waals surface area (Å²) in [5, 5.41) is 0. The molecular weight excluding hydrogens is 362 g/mol. The molecule has 1 aliphatic heterocycles. The Hall–Kier alpha value is -1.15. The van der Waals surface area contributed by atoms with Crippen LogP contribution < -0.4 is 15.4 Å². The Morgan fingerprint density at radius 1 is 1.24 bits per heavy atom. The van der Waals surface area contributed by atoms with E-state index in [9.17, 15) is 13.2 Å². The van der Waals surface area contributed by atoms with E-state index in [2.05, 4.69) is 4.72 Å². The first-order valence-electron chi connectivity index (χ1n) is 8.62. The molecule has 0 radical (unpaired) electrons. The molecule has 1 aromatic carbocycles. The molecule has 25 heavy (non-hydrogen) atoms. The molecule has 1 heterocycles. The van der Waals surface area contributed by atoms with Gasteiger partial charge in [0, 0.05) is 25.2 Å². The van der Waals surface area contributed by atoms with Crippen molar-refractivity contribution in [3.63, 3.8) is 0 Å². The minimum atomic E-state index is -3.51. The van der Waals surface area contributed by atoms with Gasteiger partial charge in [0.15, 0.2) is 0 Å². The van der Waals surface area contributed by atoms with Crippen LogP contribution in [-0.4, -0.2) is 34.0 Å². The lowest BCUT2D eigenvalue weighted by Crippen LogP contribution is -2.29. The van der Waals surface area contributed by atoms with Crippen molar-refractivity contribution in [3.05, 3.63) is 23.8 Å². The van der Waals surface area contributed by atoms with Gasteiger partial charge in [-0.25, -0.2) is 13.1 Å². The van der Waals surface area contributed by atoms with Crippen molar-refractivity contribution in [2.45, 2.75) is 50.3 Å². The summed E-state index contributed by atoms with van der Waals surface area (Å²) in [6.45, 7) is 3.40. The van der Waals surface area contributed by atoms with Crippen LogP contribution in [0, 0.1) is 0 Å². The minimum Gasteiger partial charge on any atom is -0.330 e. The van der Waals surface area contributed by atoms with Gasteiger partial charge < -0.3 is 10.6 Å². The molecule has 1 amide bonds. The number of carbonyl (C=O) groups is 1. The summed E-state index contributed by atoms with van der Waals surface area (Å²) in [6, 6.07) is 5.04. The first-order chi connectivity index (χ1) is 11.5. The fourth-order valence-electron chi connectivity index (χ4n) is 2.97. The number of sulfonamides is 1. The molecule has 0 saturated carbocycles. The molecule has 8 heteroatoms. The molecule has 0 fully saturated rings. The van der Waals surface area contributed by atoms with Crippen LogP contribution in [0.5, 0.6) is 0 Å². The second-order valence-corrected chi connectivity index (χ2v) is 7.81. The average molecular weight is 390 g/mol. The van der Waals surface area contributed by atoms with E-state index in [-0.39, 0.29) is 23.2 Å². The summed E-state index contributed by atoms with van der Waals surface area (Å²) in [5.74, 6) is 0.0690.